The Hall–Kier alpha value is -1.91. The van der Waals surface area contributed by atoms with E-state index < -0.39 is 4.92 Å². The van der Waals surface area contributed by atoms with Crippen LogP contribution in [-0.2, 0) is 0 Å². The normalized spacial score (nSPS) is 10.8. The van der Waals surface area contributed by atoms with E-state index in [1.54, 1.807) is 12.1 Å². The van der Waals surface area contributed by atoms with Crippen molar-refractivity contribution in [3.05, 3.63) is 33.9 Å². The first-order valence-corrected chi connectivity index (χ1v) is 6.37. The second kappa shape index (κ2) is 6.31. The molecule has 0 aliphatic carbocycles. The maximum Gasteiger partial charge on any atom is 0.280 e. The Morgan fingerprint density at radius 3 is 2.37 bits per heavy atom. The maximum atomic E-state index is 11.0. The first-order valence-electron chi connectivity index (χ1n) is 6.37. The lowest BCUT2D eigenvalue weighted by molar-refractivity contribution is -0.385. The fourth-order valence-corrected chi connectivity index (χ4v) is 1.99. The molecule has 1 aromatic rings. The zero-order chi connectivity index (χ0) is 14.6. The van der Waals surface area contributed by atoms with Gasteiger partial charge in [0.2, 0.25) is 0 Å². The number of nitro benzene ring substituents is 1. The van der Waals surface area contributed by atoms with Gasteiger partial charge in [-0.1, -0.05) is 13.8 Å². The summed E-state index contributed by atoms with van der Waals surface area (Å²) in [6.45, 7) is 9.19. The van der Waals surface area contributed by atoms with E-state index in [0.717, 1.165) is 12.2 Å². The molecule has 0 bridgehead atoms. The van der Waals surface area contributed by atoms with Crippen molar-refractivity contribution in [3.63, 3.8) is 0 Å². The van der Waals surface area contributed by atoms with E-state index in [9.17, 15) is 14.9 Å². The Labute approximate surface area is 113 Å². The summed E-state index contributed by atoms with van der Waals surface area (Å²) >= 11 is 0. The minimum atomic E-state index is -0.532. The number of carbonyl (C=O) groups is 1. The van der Waals surface area contributed by atoms with Crippen molar-refractivity contribution in [2.24, 2.45) is 5.92 Å². The van der Waals surface area contributed by atoms with Gasteiger partial charge in [-0.2, -0.15) is 0 Å². The summed E-state index contributed by atoms with van der Waals surface area (Å²) in [5.74, 6) is 0.470. The fraction of sp³-hybridized carbons (Fsp3) is 0.500. The first-order chi connectivity index (χ1) is 8.86. The smallest absolute Gasteiger partial charge is 0.280 e. The number of aldehydes is 1. The molecule has 0 saturated heterocycles. The van der Waals surface area contributed by atoms with Crippen molar-refractivity contribution >= 4 is 17.7 Å². The van der Waals surface area contributed by atoms with Crippen molar-refractivity contribution in [2.75, 3.05) is 11.4 Å². The van der Waals surface area contributed by atoms with Crippen molar-refractivity contribution in [1.82, 2.24) is 0 Å². The molecule has 0 saturated carbocycles. The van der Waals surface area contributed by atoms with E-state index in [1.807, 2.05) is 0 Å². The zero-order valence-electron chi connectivity index (χ0n) is 11.8. The van der Waals surface area contributed by atoms with Crippen molar-refractivity contribution < 1.29 is 9.72 Å². The molecule has 0 unspecified atom stereocenters. The standard InChI is InChI=1S/C14H20N2O3/c1-10(2)8-15(11(3)4)13-5-6-14(16(18)19)12(7-13)9-17/h5-7,9-11H,8H2,1-4H3. The number of hydrogen-bond acceptors (Lipinski definition) is 4. The molecule has 0 aromatic heterocycles. The van der Waals surface area contributed by atoms with Crippen LogP contribution < -0.4 is 4.90 Å². The van der Waals surface area contributed by atoms with Crippen LogP contribution in [0.1, 0.15) is 38.1 Å². The van der Waals surface area contributed by atoms with Crippen LogP contribution in [0.25, 0.3) is 0 Å². The van der Waals surface area contributed by atoms with Crippen molar-refractivity contribution in [2.45, 2.75) is 33.7 Å². The van der Waals surface area contributed by atoms with Crippen LogP contribution in [0.4, 0.5) is 11.4 Å². The predicted molar refractivity (Wildman–Crippen MR) is 75.8 cm³/mol. The highest BCUT2D eigenvalue weighted by Crippen LogP contribution is 2.25. The predicted octanol–water partition coefficient (Wildman–Crippen LogP) is 3.28. The molecule has 0 fully saturated rings. The summed E-state index contributed by atoms with van der Waals surface area (Å²) < 4.78 is 0. The van der Waals surface area contributed by atoms with Gasteiger partial charge in [0.25, 0.3) is 5.69 Å². The molecule has 0 N–H and O–H groups in total. The molecule has 0 atom stereocenters. The summed E-state index contributed by atoms with van der Waals surface area (Å²) in [4.78, 5) is 23.4. The molecular weight excluding hydrogens is 244 g/mol. The molecule has 104 valence electrons. The van der Waals surface area contributed by atoms with Crippen LogP contribution >= 0.6 is 0 Å². The molecule has 19 heavy (non-hydrogen) atoms. The molecule has 0 radical (unpaired) electrons. The Bertz CT molecular complexity index is 470. The van der Waals surface area contributed by atoms with Crippen LogP contribution in [0.15, 0.2) is 18.2 Å². The lowest BCUT2D eigenvalue weighted by Gasteiger charge is -2.30. The number of anilines is 1. The second-order valence-corrected chi connectivity index (χ2v) is 5.26. The summed E-state index contributed by atoms with van der Waals surface area (Å²) in [6.07, 6.45) is 0.537. The van der Waals surface area contributed by atoms with Crippen LogP contribution in [0.2, 0.25) is 0 Å². The van der Waals surface area contributed by atoms with Gasteiger partial charge >= 0.3 is 0 Å². The number of rotatable bonds is 6. The second-order valence-electron chi connectivity index (χ2n) is 5.26. The zero-order valence-corrected chi connectivity index (χ0v) is 11.8. The lowest BCUT2D eigenvalue weighted by atomic mass is 10.1. The average Bonchev–Trinajstić information content (AvgIpc) is 2.34. The number of benzene rings is 1. The van der Waals surface area contributed by atoms with Crippen molar-refractivity contribution in [1.29, 1.82) is 0 Å². The molecule has 0 spiro atoms. The Morgan fingerprint density at radius 2 is 1.95 bits per heavy atom. The third kappa shape index (κ3) is 3.77. The van der Waals surface area contributed by atoms with Crippen LogP contribution in [0, 0.1) is 16.0 Å². The third-order valence-corrected chi connectivity index (χ3v) is 2.85. The van der Waals surface area contributed by atoms with Gasteiger partial charge in [-0.3, -0.25) is 14.9 Å². The number of carbonyl (C=O) groups excluding carboxylic acids is 1. The molecule has 1 rings (SSSR count). The largest absolute Gasteiger partial charge is 0.369 e. The highest BCUT2D eigenvalue weighted by molar-refractivity contribution is 5.83. The lowest BCUT2D eigenvalue weighted by Crippen LogP contribution is -2.34. The van der Waals surface area contributed by atoms with Gasteiger partial charge in [0.15, 0.2) is 6.29 Å². The Balaban J connectivity index is 3.18. The molecule has 0 heterocycles. The van der Waals surface area contributed by atoms with Gasteiger partial charge in [-0.25, -0.2) is 0 Å². The first kappa shape index (κ1) is 15.1. The number of nitrogens with zero attached hydrogens (tertiary/aromatic N) is 2. The van der Waals surface area contributed by atoms with E-state index in [-0.39, 0.29) is 17.3 Å². The summed E-state index contributed by atoms with van der Waals surface area (Å²) in [5.41, 5.74) is 0.820. The average molecular weight is 264 g/mol. The van der Waals surface area contributed by atoms with E-state index in [0.29, 0.717) is 12.2 Å². The highest BCUT2D eigenvalue weighted by Gasteiger charge is 2.18. The molecule has 1 aromatic carbocycles. The quantitative estimate of drug-likeness (QED) is 0.449. The van der Waals surface area contributed by atoms with Crippen molar-refractivity contribution in [3.8, 4) is 0 Å². The van der Waals surface area contributed by atoms with Gasteiger partial charge in [0.1, 0.15) is 0 Å². The van der Waals surface area contributed by atoms with Gasteiger partial charge in [0, 0.05) is 24.3 Å². The third-order valence-electron chi connectivity index (χ3n) is 2.85. The van der Waals surface area contributed by atoms with Gasteiger partial charge in [0.05, 0.1) is 10.5 Å². The SMILES string of the molecule is CC(C)CN(c1ccc([N+](=O)[O-])c(C=O)c1)C(C)C. The highest BCUT2D eigenvalue weighted by atomic mass is 16.6. The van der Waals surface area contributed by atoms with Gasteiger partial charge < -0.3 is 4.90 Å². The molecule has 5 heteroatoms. The minimum Gasteiger partial charge on any atom is -0.369 e. The Kier molecular flexibility index (Phi) is 5.03. The molecule has 0 aliphatic rings. The minimum absolute atomic E-state index is 0.122. The van der Waals surface area contributed by atoms with Crippen LogP contribution in [0.3, 0.4) is 0 Å². The Morgan fingerprint density at radius 1 is 1.32 bits per heavy atom. The summed E-state index contributed by atoms with van der Waals surface area (Å²) in [5, 5.41) is 10.8. The fourth-order valence-electron chi connectivity index (χ4n) is 1.99. The monoisotopic (exact) mass is 264 g/mol. The molecule has 0 aliphatic heterocycles. The number of hydrogen-bond donors (Lipinski definition) is 0. The molecule has 0 amide bonds. The molecule has 5 nitrogen and oxygen atoms in total. The number of nitro groups is 1. The topological polar surface area (TPSA) is 63.4 Å². The van der Waals surface area contributed by atoms with Gasteiger partial charge in [-0.05, 0) is 31.9 Å². The van der Waals surface area contributed by atoms with Crippen LogP contribution in [-0.4, -0.2) is 23.8 Å². The van der Waals surface area contributed by atoms with E-state index in [1.165, 1.54) is 6.07 Å². The van der Waals surface area contributed by atoms with E-state index in [4.69, 9.17) is 0 Å². The van der Waals surface area contributed by atoms with Crippen LogP contribution in [0.5, 0.6) is 0 Å². The maximum absolute atomic E-state index is 11.0. The summed E-state index contributed by atoms with van der Waals surface area (Å²) in [6, 6.07) is 4.96. The summed E-state index contributed by atoms with van der Waals surface area (Å²) in [7, 11) is 0. The van der Waals surface area contributed by atoms with E-state index in [2.05, 4.69) is 32.6 Å². The van der Waals surface area contributed by atoms with E-state index >= 15 is 0 Å². The molecular formula is C14H20N2O3. The van der Waals surface area contributed by atoms with Gasteiger partial charge in [-0.15, -0.1) is 0 Å².